The number of ether oxygens (including phenoxy) is 2. The molecule has 3 heterocycles. The Morgan fingerprint density at radius 3 is 2.81 bits per heavy atom. The van der Waals surface area contributed by atoms with E-state index in [4.69, 9.17) is 9.47 Å². The number of carbonyl (C=O) groups excluding carboxylic acids is 1. The monoisotopic (exact) mass is 383 g/mol. The van der Waals surface area contributed by atoms with E-state index in [0.29, 0.717) is 13.2 Å². The van der Waals surface area contributed by atoms with Gasteiger partial charge in [0.25, 0.3) is 5.91 Å². The lowest BCUT2D eigenvalue weighted by atomic mass is 9.95. The summed E-state index contributed by atoms with van der Waals surface area (Å²) in [4.78, 5) is 16.9. The normalized spacial score (nSPS) is 21.6. The summed E-state index contributed by atoms with van der Waals surface area (Å²) in [5, 5.41) is 2.10. The van der Waals surface area contributed by atoms with Crippen LogP contribution in [0, 0.1) is 0 Å². The highest BCUT2D eigenvalue weighted by atomic mass is 32.1. The number of benzene rings is 1. The van der Waals surface area contributed by atoms with Crippen molar-refractivity contribution in [3.8, 4) is 11.5 Å². The molecule has 1 saturated heterocycles. The third-order valence-electron chi connectivity index (χ3n) is 5.96. The van der Waals surface area contributed by atoms with E-state index in [-0.39, 0.29) is 11.9 Å². The van der Waals surface area contributed by atoms with Gasteiger partial charge < -0.3 is 14.4 Å². The molecule has 27 heavy (non-hydrogen) atoms. The van der Waals surface area contributed by atoms with Gasteiger partial charge in [0.05, 0.1) is 24.8 Å². The zero-order valence-electron chi connectivity index (χ0n) is 15.5. The summed E-state index contributed by atoms with van der Waals surface area (Å²) in [5.41, 5.74) is 3.44. The van der Waals surface area contributed by atoms with E-state index >= 15 is 0 Å². The largest absolute Gasteiger partial charge is 0.490 e. The van der Waals surface area contributed by atoms with Gasteiger partial charge in [0.1, 0.15) is 0 Å². The summed E-state index contributed by atoms with van der Waals surface area (Å²) < 4.78 is 11.6. The minimum absolute atomic E-state index is 0.133. The van der Waals surface area contributed by atoms with Crippen molar-refractivity contribution < 1.29 is 14.3 Å². The second-order valence-electron chi connectivity index (χ2n) is 7.67. The smallest absolute Gasteiger partial charge is 0.255 e. The second-order valence-corrected chi connectivity index (χ2v) is 8.64. The van der Waals surface area contributed by atoms with E-state index in [1.54, 1.807) is 11.3 Å². The molecule has 1 aliphatic carbocycles. The van der Waals surface area contributed by atoms with Crippen molar-refractivity contribution in [3.63, 3.8) is 0 Å². The van der Waals surface area contributed by atoms with Gasteiger partial charge in [0.15, 0.2) is 11.5 Å². The van der Waals surface area contributed by atoms with E-state index in [2.05, 4.69) is 22.4 Å². The second kappa shape index (κ2) is 7.19. The molecular weight excluding hydrogens is 358 g/mol. The van der Waals surface area contributed by atoms with Gasteiger partial charge in [-0.3, -0.25) is 4.79 Å². The number of nitrogens with zero attached hydrogens (tertiary/aromatic N) is 1. The molecule has 0 bridgehead atoms. The van der Waals surface area contributed by atoms with Crippen LogP contribution in [0.3, 0.4) is 0 Å². The summed E-state index contributed by atoms with van der Waals surface area (Å²) in [5.74, 6) is 1.85. The highest BCUT2D eigenvalue weighted by Crippen LogP contribution is 2.40. The van der Waals surface area contributed by atoms with Crippen molar-refractivity contribution in [2.45, 2.75) is 51.0 Å². The molecule has 1 aromatic heterocycles. The molecule has 1 aromatic carbocycles. The van der Waals surface area contributed by atoms with E-state index < -0.39 is 0 Å². The average molecular weight is 384 g/mol. The molecule has 4 nitrogen and oxygen atoms in total. The Morgan fingerprint density at radius 2 is 1.89 bits per heavy atom. The Hall–Kier alpha value is -2.01. The number of fused-ring (bicyclic) bond motifs is 2. The van der Waals surface area contributed by atoms with Crippen molar-refractivity contribution in [2.75, 3.05) is 19.8 Å². The van der Waals surface area contributed by atoms with Gasteiger partial charge in [-0.2, -0.15) is 0 Å². The molecule has 1 atom stereocenters. The summed E-state index contributed by atoms with van der Waals surface area (Å²) in [6.45, 7) is 2.22. The molecule has 3 aliphatic rings. The predicted octanol–water partition coefficient (Wildman–Crippen LogP) is 4.77. The lowest BCUT2D eigenvalue weighted by molar-refractivity contribution is 0.0734. The van der Waals surface area contributed by atoms with Gasteiger partial charge in [0, 0.05) is 23.2 Å². The number of hydrogen-bond donors (Lipinski definition) is 0. The van der Waals surface area contributed by atoms with Crippen LogP contribution in [0.25, 0.3) is 0 Å². The molecule has 142 valence electrons. The first-order valence-corrected chi connectivity index (χ1v) is 11.0. The standard InChI is InChI=1S/C22H25NO3S/c24-22(17-14-27-21-7-2-1-5-16(17)21)23-10-3-6-18(23)15-8-9-19-20(13-15)26-12-4-11-25-19/h8-9,13-14,18H,1-7,10-12H2/t18-/m1/s1. The molecular formula is C22H25NO3S. The van der Waals surface area contributed by atoms with Crippen LogP contribution in [0.15, 0.2) is 23.6 Å². The fourth-order valence-electron chi connectivity index (χ4n) is 4.57. The van der Waals surface area contributed by atoms with Crippen LogP contribution in [-0.4, -0.2) is 30.6 Å². The molecule has 1 fully saturated rings. The third kappa shape index (κ3) is 3.12. The van der Waals surface area contributed by atoms with E-state index in [1.165, 1.54) is 23.3 Å². The van der Waals surface area contributed by atoms with Gasteiger partial charge in [-0.25, -0.2) is 0 Å². The van der Waals surface area contributed by atoms with Crippen molar-refractivity contribution >= 4 is 17.2 Å². The summed E-state index contributed by atoms with van der Waals surface area (Å²) >= 11 is 1.77. The average Bonchev–Trinajstić information content (AvgIpc) is 3.29. The van der Waals surface area contributed by atoms with Gasteiger partial charge in [-0.05, 0) is 61.8 Å². The topological polar surface area (TPSA) is 38.8 Å². The van der Waals surface area contributed by atoms with E-state index in [1.807, 2.05) is 6.07 Å². The van der Waals surface area contributed by atoms with Crippen molar-refractivity contribution in [3.05, 3.63) is 45.1 Å². The van der Waals surface area contributed by atoms with Crippen LogP contribution in [-0.2, 0) is 12.8 Å². The molecule has 0 saturated carbocycles. The molecule has 0 radical (unpaired) electrons. The molecule has 2 aromatic rings. The lowest BCUT2D eigenvalue weighted by Crippen LogP contribution is -2.31. The first-order chi connectivity index (χ1) is 13.3. The van der Waals surface area contributed by atoms with Crippen LogP contribution in [0.1, 0.15) is 64.5 Å². The van der Waals surface area contributed by atoms with Crippen LogP contribution >= 0.6 is 11.3 Å². The molecule has 5 rings (SSSR count). The van der Waals surface area contributed by atoms with Crippen LogP contribution in [0.5, 0.6) is 11.5 Å². The fourth-order valence-corrected chi connectivity index (χ4v) is 5.69. The maximum atomic E-state index is 13.4. The Kier molecular flexibility index (Phi) is 4.56. The highest BCUT2D eigenvalue weighted by Gasteiger charge is 2.33. The number of rotatable bonds is 2. The Morgan fingerprint density at radius 1 is 1.04 bits per heavy atom. The minimum Gasteiger partial charge on any atom is -0.490 e. The molecule has 0 unspecified atom stereocenters. The molecule has 1 amide bonds. The molecule has 0 N–H and O–H groups in total. The number of carbonyl (C=O) groups is 1. The Labute approximate surface area is 164 Å². The van der Waals surface area contributed by atoms with Crippen molar-refractivity contribution in [1.82, 2.24) is 4.90 Å². The maximum Gasteiger partial charge on any atom is 0.255 e. The zero-order chi connectivity index (χ0) is 18.2. The first kappa shape index (κ1) is 17.1. The number of thiophene rings is 1. The van der Waals surface area contributed by atoms with Crippen LogP contribution < -0.4 is 9.47 Å². The van der Waals surface area contributed by atoms with Crippen LogP contribution in [0.4, 0.5) is 0 Å². The van der Waals surface area contributed by atoms with Gasteiger partial charge in [-0.1, -0.05) is 6.07 Å². The summed E-state index contributed by atoms with van der Waals surface area (Å²) in [6.07, 6.45) is 7.62. The maximum absolute atomic E-state index is 13.4. The van der Waals surface area contributed by atoms with Crippen molar-refractivity contribution in [1.29, 1.82) is 0 Å². The van der Waals surface area contributed by atoms with E-state index in [9.17, 15) is 4.79 Å². The zero-order valence-corrected chi connectivity index (χ0v) is 16.4. The highest BCUT2D eigenvalue weighted by molar-refractivity contribution is 7.10. The number of hydrogen-bond acceptors (Lipinski definition) is 4. The number of likely N-dealkylation sites (tertiary alicyclic amines) is 1. The van der Waals surface area contributed by atoms with Gasteiger partial charge in [-0.15, -0.1) is 11.3 Å². The molecule has 0 spiro atoms. The quantitative estimate of drug-likeness (QED) is 0.750. The van der Waals surface area contributed by atoms with Crippen LogP contribution in [0.2, 0.25) is 0 Å². The van der Waals surface area contributed by atoms with Gasteiger partial charge in [0.2, 0.25) is 0 Å². The van der Waals surface area contributed by atoms with E-state index in [0.717, 1.165) is 61.3 Å². The Bertz CT molecular complexity index is 859. The van der Waals surface area contributed by atoms with Gasteiger partial charge >= 0.3 is 0 Å². The lowest BCUT2D eigenvalue weighted by Gasteiger charge is -2.26. The third-order valence-corrected chi connectivity index (χ3v) is 7.05. The minimum atomic E-state index is 0.133. The molecule has 2 aliphatic heterocycles. The number of aryl methyl sites for hydroxylation is 1. The van der Waals surface area contributed by atoms with Crippen molar-refractivity contribution in [2.24, 2.45) is 0 Å². The fraction of sp³-hybridized carbons (Fsp3) is 0.500. The SMILES string of the molecule is O=C(c1csc2c1CCCC2)N1CCC[C@@H]1c1ccc2c(c1)OCCCO2. The predicted molar refractivity (Wildman–Crippen MR) is 106 cm³/mol. The summed E-state index contributed by atoms with van der Waals surface area (Å²) in [7, 11) is 0. The first-order valence-electron chi connectivity index (χ1n) is 10.1. The Balaban J connectivity index is 1.43. The summed E-state index contributed by atoms with van der Waals surface area (Å²) in [6, 6.07) is 6.32. The molecule has 5 heteroatoms. The number of amides is 1.